The second-order valence-corrected chi connectivity index (χ2v) is 5.27. The van der Waals surface area contributed by atoms with Gasteiger partial charge >= 0.3 is 5.97 Å². The van der Waals surface area contributed by atoms with Crippen molar-refractivity contribution in [3.63, 3.8) is 0 Å². The standard InChI is InChI=1S/C14H17ClFNO2/c1-19-14(18)10-3-2-6-17(8-10)9-11-7-12(15)4-5-13(11)16/h4-5,7,10H,2-3,6,8-9H2,1H3. The van der Waals surface area contributed by atoms with Crippen LogP contribution in [-0.2, 0) is 16.1 Å². The lowest BCUT2D eigenvalue weighted by atomic mass is 9.98. The summed E-state index contributed by atoms with van der Waals surface area (Å²) in [4.78, 5) is 13.6. The predicted molar refractivity (Wildman–Crippen MR) is 71.4 cm³/mol. The molecule has 5 heteroatoms. The van der Waals surface area contributed by atoms with E-state index in [1.807, 2.05) is 0 Å². The van der Waals surface area contributed by atoms with Gasteiger partial charge in [-0.15, -0.1) is 0 Å². The summed E-state index contributed by atoms with van der Waals surface area (Å²) in [6, 6.07) is 4.55. The first-order chi connectivity index (χ1) is 9.10. The summed E-state index contributed by atoms with van der Waals surface area (Å²) < 4.78 is 18.4. The zero-order valence-electron chi connectivity index (χ0n) is 10.9. The molecule has 1 heterocycles. The van der Waals surface area contributed by atoms with E-state index in [1.165, 1.54) is 19.2 Å². The molecule has 0 aliphatic carbocycles. The third-order valence-corrected chi connectivity index (χ3v) is 3.68. The fraction of sp³-hybridized carbons (Fsp3) is 0.500. The molecule has 1 atom stereocenters. The number of benzene rings is 1. The second-order valence-electron chi connectivity index (χ2n) is 4.83. The highest BCUT2D eigenvalue weighted by Gasteiger charge is 2.26. The van der Waals surface area contributed by atoms with Crippen LogP contribution in [0, 0.1) is 11.7 Å². The van der Waals surface area contributed by atoms with E-state index in [0.29, 0.717) is 23.7 Å². The van der Waals surface area contributed by atoms with Crippen molar-refractivity contribution in [2.45, 2.75) is 19.4 Å². The first-order valence-corrected chi connectivity index (χ1v) is 6.72. The van der Waals surface area contributed by atoms with Crippen molar-refractivity contribution < 1.29 is 13.9 Å². The molecule has 19 heavy (non-hydrogen) atoms. The lowest BCUT2D eigenvalue weighted by molar-refractivity contribution is -0.147. The van der Waals surface area contributed by atoms with Gasteiger partial charge in [-0.2, -0.15) is 0 Å². The molecule has 1 fully saturated rings. The van der Waals surface area contributed by atoms with E-state index in [2.05, 4.69) is 4.90 Å². The molecule has 0 amide bonds. The third kappa shape index (κ3) is 3.67. The van der Waals surface area contributed by atoms with Gasteiger partial charge in [0.05, 0.1) is 13.0 Å². The van der Waals surface area contributed by atoms with E-state index in [1.54, 1.807) is 6.07 Å². The minimum absolute atomic E-state index is 0.110. The van der Waals surface area contributed by atoms with E-state index in [9.17, 15) is 9.18 Å². The Hall–Kier alpha value is -1.13. The zero-order chi connectivity index (χ0) is 13.8. The number of methoxy groups -OCH3 is 1. The molecular weight excluding hydrogens is 269 g/mol. The summed E-state index contributed by atoms with van der Waals surface area (Å²) in [5.74, 6) is -0.554. The summed E-state index contributed by atoms with van der Waals surface area (Å²) in [5.41, 5.74) is 0.568. The van der Waals surface area contributed by atoms with Crippen molar-refractivity contribution in [1.29, 1.82) is 0 Å². The molecule has 0 saturated carbocycles. The molecule has 1 saturated heterocycles. The van der Waals surface area contributed by atoms with Gasteiger partial charge in [0.2, 0.25) is 0 Å². The number of likely N-dealkylation sites (tertiary alicyclic amines) is 1. The molecule has 0 aromatic heterocycles. The molecule has 0 radical (unpaired) electrons. The Balaban J connectivity index is 2.02. The Morgan fingerprint density at radius 2 is 2.37 bits per heavy atom. The Kier molecular flexibility index (Phi) is 4.77. The van der Waals surface area contributed by atoms with Crippen LogP contribution in [0.2, 0.25) is 5.02 Å². The van der Waals surface area contributed by atoms with Crippen molar-refractivity contribution in [2.24, 2.45) is 5.92 Å². The Labute approximate surface area is 117 Å². The largest absolute Gasteiger partial charge is 0.469 e. The quantitative estimate of drug-likeness (QED) is 0.800. The second kappa shape index (κ2) is 6.35. The SMILES string of the molecule is COC(=O)C1CCCN(Cc2cc(Cl)ccc2F)C1. The number of piperidine rings is 1. The molecule has 0 spiro atoms. The smallest absolute Gasteiger partial charge is 0.309 e. The third-order valence-electron chi connectivity index (χ3n) is 3.44. The Bertz CT molecular complexity index is 467. The van der Waals surface area contributed by atoms with Crippen molar-refractivity contribution in [2.75, 3.05) is 20.2 Å². The average molecular weight is 286 g/mol. The van der Waals surface area contributed by atoms with Gasteiger partial charge in [-0.25, -0.2) is 4.39 Å². The first-order valence-electron chi connectivity index (χ1n) is 6.34. The van der Waals surface area contributed by atoms with Crippen LogP contribution in [0.4, 0.5) is 4.39 Å². The van der Waals surface area contributed by atoms with Crippen molar-refractivity contribution in [3.8, 4) is 0 Å². The van der Waals surface area contributed by atoms with E-state index >= 15 is 0 Å². The first kappa shape index (κ1) is 14.3. The van der Waals surface area contributed by atoms with Gasteiger partial charge in [0, 0.05) is 23.7 Å². The number of rotatable bonds is 3. The maximum atomic E-state index is 13.7. The van der Waals surface area contributed by atoms with E-state index in [-0.39, 0.29) is 17.7 Å². The lowest BCUT2D eigenvalue weighted by Gasteiger charge is -2.31. The zero-order valence-corrected chi connectivity index (χ0v) is 11.6. The maximum Gasteiger partial charge on any atom is 0.309 e. The van der Waals surface area contributed by atoms with Crippen LogP contribution in [0.25, 0.3) is 0 Å². The summed E-state index contributed by atoms with van der Waals surface area (Å²) >= 11 is 5.88. The molecule has 0 N–H and O–H groups in total. The van der Waals surface area contributed by atoms with Gasteiger partial charge in [0.15, 0.2) is 0 Å². The summed E-state index contributed by atoms with van der Waals surface area (Å²) in [6.45, 7) is 1.94. The molecule has 1 unspecified atom stereocenters. The molecule has 1 aliphatic heterocycles. The lowest BCUT2D eigenvalue weighted by Crippen LogP contribution is -2.38. The van der Waals surface area contributed by atoms with Crippen molar-refractivity contribution >= 4 is 17.6 Å². The van der Waals surface area contributed by atoms with E-state index in [4.69, 9.17) is 16.3 Å². The number of carbonyl (C=O) groups excluding carboxylic acids is 1. The molecular formula is C14H17ClFNO2. The number of halogens is 2. The summed E-state index contributed by atoms with van der Waals surface area (Å²) in [5, 5.41) is 0.526. The van der Waals surface area contributed by atoms with Gasteiger partial charge in [-0.1, -0.05) is 11.6 Å². The van der Waals surface area contributed by atoms with Crippen LogP contribution in [-0.4, -0.2) is 31.1 Å². The molecule has 0 bridgehead atoms. The van der Waals surface area contributed by atoms with Crippen molar-refractivity contribution in [3.05, 3.63) is 34.6 Å². The minimum atomic E-state index is -0.260. The maximum absolute atomic E-state index is 13.7. The highest BCUT2D eigenvalue weighted by Crippen LogP contribution is 2.22. The number of nitrogens with zero attached hydrogens (tertiary/aromatic N) is 1. The monoisotopic (exact) mass is 285 g/mol. The van der Waals surface area contributed by atoms with E-state index < -0.39 is 0 Å². The normalized spacial score (nSPS) is 20.3. The van der Waals surface area contributed by atoms with Crippen LogP contribution in [0.3, 0.4) is 0 Å². The van der Waals surface area contributed by atoms with Crippen LogP contribution < -0.4 is 0 Å². The topological polar surface area (TPSA) is 29.5 Å². The highest BCUT2D eigenvalue weighted by atomic mass is 35.5. The Morgan fingerprint density at radius 3 is 3.11 bits per heavy atom. The average Bonchev–Trinajstić information content (AvgIpc) is 2.42. The predicted octanol–water partition coefficient (Wildman–Crippen LogP) is 2.86. The number of esters is 1. The Morgan fingerprint density at radius 1 is 1.58 bits per heavy atom. The number of hydrogen-bond acceptors (Lipinski definition) is 3. The molecule has 1 aromatic rings. The molecule has 1 aliphatic rings. The van der Waals surface area contributed by atoms with Gasteiger partial charge in [-0.3, -0.25) is 9.69 Å². The summed E-state index contributed by atoms with van der Waals surface area (Å²) in [7, 11) is 1.40. The number of hydrogen-bond donors (Lipinski definition) is 0. The van der Waals surface area contributed by atoms with Crippen LogP contribution in [0.1, 0.15) is 18.4 Å². The van der Waals surface area contributed by atoms with Crippen LogP contribution >= 0.6 is 11.6 Å². The van der Waals surface area contributed by atoms with Gasteiger partial charge in [-0.05, 0) is 37.6 Å². The van der Waals surface area contributed by atoms with E-state index in [0.717, 1.165) is 19.4 Å². The minimum Gasteiger partial charge on any atom is -0.469 e. The van der Waals surface area contributed by atoms with Gasteiger partial charge < -0.3 is 4.74 Å². The molecule has 104 valence electrons. The number of carbonyl (C=O) groups is 1. The fourth-order valence-electron chi connectivity index (χ4n) is 2.46. The fourth-order valence-corrected chi connectivity index (χ4v) is 2.66. The van der Waals surface area contributed by atoms with Gasteiger partial charge in [0.25, 0.3) is 0 Å². The molecule has 2 rings (SSSR count). The van der Waals surface area contributed by atoms with Crippen LogP contribution in [0.5, 0.6) is 0 Å². The number of ether oxygens (including phenoxy) is 1. The van der Waals surface area contributed by atoms with Gasteiger partial charge in [0.1, 0.15) is 5.82 Å². The summed E-state index contributed by atoms with van der Waals surface area (Å²) in [6.07, 6.45) is 1.75. The van der Waals surface area contributed by atoms with Crippen molar-refractivity contribution in [1.82, 2.24) is 4.90 Å². The molecule has 3 nitrogen and oxygen atoms in total. The van der Waals surface area contributed by atoms with Crippen LogP contribution in [0.15, 0.2) is 18.2 Å². The highest BCUT2D eigenvalue weighted by molar-refractivity contribution is 6.30. The molecule has 1 aromatic carbocycles.